The zero-order chi connectivity index (χ0) is 11.6. The van der Waals surface area contributed by atoms with Crippen LogP contribution < -0.4 is 4.74 Å². The van der Waals surface area contributed by atoms with E-state index in [9.17, 15) is 4.39 Å². The van der Waals surface area contributed by atoms with E-state index < -0.39 is 6.67 Å². The Morgan fingerprint density at radius 3 is 2.94 bits per heavy atom. The molecule has 16 heavy (non-hydrogen) atoms. The Morgan fingerprint density at radius 2 is 2.19 bits per heavy atom. The molecule has 0 aliphatic rings. The first-order chi connectivity index (χ1) is 7.86. The number of nitriles is 1. The quantitative estimate of drug-likeness (QED) is 0.667. The molecule has 0 amide bonds. The maximum Gasteiger partial charge on any atom is 0.123 e. The fourth-order valence-corrected chi connectivity index (χ4v) is 1.19. The third kappa shape index (κ3) is 4.76. The van der Waals surface area contributed by atoms with Gasteiger partial charge in [0.15, 0.2) is 0 Å². The predicted octanol–water partition coefficient (Wildman–Crippen LogP) is 2.47. The van der Waals surface area contributed by atoms with E-state index in [1.54, 1.807) is 6.07 Å². The topological polar surface area (TPSA) is 42.2 Å². The summed E-state index contributed by atoms with van der Waals surface area (Å²) in [6, 6.07) is 9.31. The van der Waals surface area contributed by atoms with Crippen LogP contribution in [-0.2, 0) is 11.3 Å². The molecule has 0 aromatic heterocycles. The zero-order valence-electron chi connectivity index (χ0n) is 8.99. The summed E-state index contributed by atoms with van der Waals surface area (Å²) in [5.41, 5.74) is 0.953. The summed E-state index contributed by atoms with van der Waals surface area (Å²) in [6.45, 7) is 0.433. The first-order valence-corrected chi connectivity index (χ1v) is 5.09. The molecule has 4 heteroatoms. The Morgan fingerprint density at radius 1 is 1.31 bits per heavy atom. The van der Waals surface area contributed by atoms with Gasteiger partial charge in [0.25, 0.3) is 0 Å². The molecule has 0 spiro atoms. The van der Waals surface area contributed by atoms with Gasteiger partial charge in [0.2, 0.25) is 0 Å². The number of ether oxygens (including phenoxy) is 2. The van der Waals surface area contributed by atoms with Crippen molar-refractivity contribution in [3.63, 3.8) is 0 Å². The number of nitrogens with zero attached hydrogens (tertiary/aromatic N) is 1. The van der Waals surface area contributed by atoms with E-state index in [0.717, 1.165) is 5.56 Å². The van der Waals surface area contributed by atoms with Crippen molar-refractivity contribution >= 4 is 0 Å². The molecule has 3 nitrogen and oxygen atoms in total. The lowest BCUT2D eigenvalue weighted by molar-refractivity contribution is 0.126. The molecule has 1 aromatic carbocycles. The van der Waals surface area contributed by atoms with Crippen molar-refractivity contribution < 1.29 is 13.9 Å². The number of alkyl halides is 1. The number of benzene rings is 1. The molecule has 0 bridgehead atoms. The highest BCUT2D eigenvalue weighted by atomic mass is 19.1. The molecule has 0 saturated carbocycles. The molecule has 0 heterocycles. The molecule has 0 atom stereocenters. The molecule has 0 radical (unpaired) electrons. The highest BCUT2D eigenvalue weighted by molar-refractivity contribution is 5.28. The SMILES string of the molecule is N#CCCOCc1cccc(OCCF)c1. The Bertz CT molecular complexity index is 349. The van der Waals surface area contributed by atoms with Crippen molar-refractivity contribution in [1.82, 2.24) is 0 Å². The van der Waals surface area contributed by atoms with Gasteiger partial charge in [-0.25, -0.2) is 4.39 Å². The fraction of sp³-hybridized carbons (Fsp3) is 0.417. The van der Waals surface area contributed by atoms with Crippen LogP contribution >= 0.6 is 0 Å². The fourth-order valence-electron chi connectivity index (χ4n) is 1.19. The number of halogens is 1. The third-order valence-corrected chi connectivity index (χ3v) is 1.87. The number of hydrogen-bond acceptors (Lipinski definition) is 3. The average molecular weight is 223 g/mol. The first-order valence-electron chi connectivity index (χ1n) is 5.09. The van der Waals surface area contributed by atoms with E-state index in [1.165, 1.54) is 0 Å². The van der Waals surface area contributed by atoms with Gasteiger partial charge in [-0.05, 0) is 17.7 Å². The van der Waals surface area contributed by atoms with Crippen LogP contribution in [0.2, 0.25) is 0 Å². The second-order valence-electron chi connectivity index (χ2n) is 3.15. The monoisotopic (exact) mass is 223 g/mol. The van der Waals surface area contributed by atoms with E-state index in [0.29, 0.717) is 25.4 Å². The summed E-state index contributed by atoms with van der Waals surface area (Å²) in [6.07, 6.45) is 0.387. The molecule has 0 aliphatic carbocycles. The van der Waals surface area contributed by atoms with Crippen LogP contribution in [0, 0.1) is 11.3 Å². The summed E-state index contributed by atoms with van der Waals surface area (Å²) in [5, 5.41) is 8.32. The lowest BCUT2D eigenvalue weighted by Gasteiger charge is -2.06. The average Bonchev–Trinajstić information content (AvgIpc) is 2.33. The predicted molar refractivity (Wildman–Crippen MR) is 57.8 cm³/mol. The van der Waals surface area contributed by atoms with Crippen LogP contribution in [-0.4, -0.2) is 19.9 Å². The zero-order valence-corrected chi connectivity index (χ0v) is 8.99. The highest BCUT2D eigenvalue weighted by Crippen LogP contribution is 2.14. The summed E-state index contributed by atoms with van der Waals surface area (Å²) in [5.74, 6) is 0.638. The van der Waals surface area contributed by atoms with E-state index in [1.807, 2.05) is 24.3 Å². The van der Waals surface area contributed by atoms with Gasteiger partial charge in [-0.3, -0.25) is 0 Å². The third-order valence-electron chi connectivity index (χ3n) is 1.87. The maximum atomic E-state index is 11.9. The van der Waals surface area contributed by atoms with Crippen molar-refractivity contribution in [1.29, 1.82) is 5.26 Å². The van der Waals surface area contributed by atoms with Crippen LogP contribution in [0.3, 0.4) is 0 Å². The molecule has 0 aliphatic heterocycles. The van der Waals surface area contributed by atoms with Crippen LogP contribution in [0.4, 0.5) is 4.39 Å². The molecule has 0 saturated heterocycles. The Labute approximate surface area is 94.4 Å². The minimum atomic E-state index is -0.497. The summed E-state index contributed by atoms with van der Waals surface area (Å²) >= 11 is 0. The van der Waals surface area contributed by atoms with Crippen molar-refractivity contribution in [2.24, 2.45) is 0 Å². The van der Waals surface area contributed by atoms with E-state index in [4.69, 9.17) is 14.7 Å². The van der Waals surface area contributed by atoms with Crippen molar-refractivity contribution in [2.45, 2.75) is 13.0 Å². The molecular weight excluding hydrogens is 209 g/mol. The van der Waals surface area contributed by atoms with Gasteiger partial charge >= 0.3 is 0 Å². The van der Waals surface area contributed by atoms with Crippen LogP contribution in [0.25, 0.3) is 0 Å². The molecule has 0 fully saturated rings. The molecule has 1 rings (SSSR count). The van der Waals surface area contributed by atoms with E-state index in [2.05, 4.69) is 0 Å². The summed E-state index contributed by atoms with van der Waals surface area (Å²) in [7, 11) is 0. The molecule has 1 aromatic rings. The van der Waals surface area contributed by atoms with Gasteiger partial charge in [-0.2, -0.15) is 5.26 Å². The van der Waals surface area contributed by atoms with E-state index >= 15 is 0 Å². The number of rotatable bonds is 7. The van der Waals surface area contributed by atoms with Gasteiger partial charge in [0.1, 0.15) is 19.0 Å². The second kappa shape index (κ2) is 7.66. The van der Waals surface area contributed by atoms with Gasteiger partial charge in [-0.1, -0.05) is 12.1 Å². The second-order valence-corrected chi connectivity index (χ2v) is 3.15. The van der Waals surface area contributed by atoms with Gasteiger partial charge < -0.3 is 9.47 Å². The summed E-state index contributed by atoms with van der Waals surface area (Å²) < 4.78 is 22.3. The van der Waals surface area contributed by atoms with Crippen molar-refractivity contribution in [3.05, 3.63) is 29.8 Å². The maximum absolute atomic E-state index is 11.9. The Hall–Kier alpha value is -1.60. The van der Waals surface area contributed by atoms with Crippen LogP contribution in [0.5, 0.6) is 5.75 Å². The minimum Gasteiger partial charge on any atom is -0.491 e. The Balaban J connectivity index is 2.38. The van der Waals surface area contributed by atoms with Gasteiger partial charge in [-0.15, -0.1) is 0 Å². The largest absolute Gasteiger partial charge is 0.491 e. The van der Waals surface area contributed by atoms with Crippen LogP contribution in [0.15, 0.2) is 24.3 Å². The number of hydrogen-bond donors (Lipinski definition) is 0. The first kappa shape index (κ1) is 12.5. The smallest absolute Gasteiger partial charge is 0.123 e. The van der Waals surface area contributed by atoms with E-state index in [-0.39, 0.29) is 6.61 Å². The molecule has 86 valence electrons. The highest BCUT2D eigenvalue weighted by Gasteiger charge is 1.97. The van der Waals surface area contributed by atoms with Crippen molar-refractivity contribution in [2.75, 3.05) is 19.9 Å². The van der Waals surface area contributed by atoms with Gasteiger partial charge in [0.05, 0.1) is 25.7 Å². The normalized spacial score (nSPS) is 9.75. The molecule has 0 unspecified atom stereocenters. The lowest BCUT2D eigenvalue weighted by Crippen LogP contribution is -2.00. The Kier molecular flexibility index (Phi) is 5.97. The molecule has 0 N–H and O–H groups in total. The van der Waals surface area contributed by atoms with Crippen molar-refractivity contribution in [3.8, 4) is 11.8 Å². The summed E-state index contributed by atoms with van der Waals surface area (Å²) in [4.78, 5) is 0. The minimum absolute atomic E-state index is 0.0682. The van der Waals surface area contributed by atoms with Gasteiger partial charge in [0, 0.05) is 0 Å². The standard InChI is InChI=1S/C12H14FNO2/c13-5-8-16-12-4-1-3-11(9-12)10-15-7-2-6-14/h1,3-4,9H,2,5,7-8,10H2. The lowest BCUT2D eigenvalue weighted by atomic mass is 10.2. The molecular formula is C12H14FNO2. The van der Waals surface area contributed by atoms with Crippen LogP contribution in [0.1, 0.15) is 12.0 Å².